The van der Waals surface area contributed by atoms with E-state index in [0.717, 1.165) is 6.07 Å². The quantitative estimate of drug-likeness (QED) is 0.403. The second kappa shape index (κ2) is 5.59. The summed E-state index contributed by atoms with van der Waals surface area (Å²) in [5, 5.41) is 26.2. The fraction of sp³-hybridized carbons (Fsp3) is 0.556. The van der Waals surface area contributed by atoms with E-state index in [0.29, 0.717) is 6.54 Å². The van der Waals surface area contributed by atoms with Gasteiger partial charge in [0.05, 0.1) is 11.7 Å². The number of aliphatic hydroxyl groups excluding tert-OH is 2. The van der Waals surface area contributed by atoms with E-state index in [4.69, 9.17) is 0 Å². The molecule has 1 heterocycles. The maximum atomic E-state index is 11.3. The Morgan fingerprint density at radius 1 is 1.38 bits per heavy atom. The molecule has 2 atom stereocenters. The number of hydrogen-bond acceptors (Lipinski definition) is 5. The fourth-order valence-corrected chi connectivity index (χ4v) is 1.31. The summed E-state index contributed by atoms with van der Waals surface area (Å²) >= 11 is 0. The number of aromatic amines is 2. The zero-order chi connectivity index (χ0) is 12.1. The third-order valence-corrected chi connectivity index (χ3v) is 2.22. The molecule has 0 spiro atoms. The molecule has 0 aromatic carbocycles. The van der Waals surface area contributed by atoms with E-state index in [1.54, 1.807) is 7.05 Å². The summed E-state index contributed by atoms with van der Waals surface area (Å²) in [5.74, 6) is 0. The molecular weight excluding hydrogens is 214 g/mol. The van der Waals surface area contributed by atoms with Gasteiger partial charge in [-0.15, -0.1) is 0 Å². The minimum atomic E-state index is -1.36. The Bertz CT molecular complexity index is 439. The molecule has 7 heteroatoms. The molecule has 0 aliphatic heterocycles. The van der Waals surface area contributed by atoms with Crippen molar-refractivity contribution in [2.45, 2.75) is 18.6 Å². The zero-order valence-corrected chi connectivity index (χ0v) is 8.86. The SMILES string of the molecule is CNCCC(O)C(O)c1cc(=O)[nH][nH]c1=O. The van der Waals surface area contributed by atoms with Crippen LogP contribution in [0.25, 0.3) is 0 Å². The van der Waals surface area contributed by atoms with Crippen molar-refractivity contribution < 1.29 is 10.2 Å². The lowest BCUT2D eigenvalue weighted by atomic mass is 10.0. The number of H-pyrrole nitrogens is 2. The molecule has 0 radical (unpaired) electrons. The van der Waals surface area contributed by atoms with Crippen LogP contribution in [-0.2, 0) is 0 Å². The molecule has 0 fully saturated rings. The molecule has 7 nitrogen and oxygen atoms in total. The standard InChI is InChI=1S/C9H15N3O4/c1-10-3-2-6(13)8(15)5-4-7(14)11-12-9(5)16/h4,6,8,10,13,15H,2-3H2,1H3,(H,11,14)(H,12,16). The zero-order valence-electron chi connectivity index (χ0n) is 8.86. The topological polar surface area (TPSA) is 118 Å². The van der Waals surface area contributed by atoms with Crippen LogP contribution < -0.4 is 16.4 Å². The van der Waals surface area contributed by atoms with Crippen molar-refractivity contribution in [2.75, 3.05) is 13.6 Å². The van der Waals surface area contributed by atoms with Gasteiger partial charge in [0.15, 0.2) is 0 Å². The van der Waals surface area contributed by atoms with Crippen molar-refractivity contribution in [3.05, 3.63) is 32.3 Å². The molecule has 0 saturated carbocycles. The number of rotatable bonds is 5. The lowest BCUT2D eigenvalue weighted by molar-refractivity contribution is 0.0130. The normalized spacial score (nSPS) is 14.7. The van der Waals surface area contributed by atoms with Crippen LogP contribution in [0.2, 0.25) is 0 Å². The van der Waals surface area contributed by atoms with Gasteiger partial charge < -0.3 is 15.5 Å². The number of aromatic nitrogens is 2. The third kappa shape index (κ3) is 3.02. The van der Waals surface area contributed by atoms with Crippen LogP contribution in [0.4, 0.5) is 0 Å². The van der Waals surface area contributed by atoms with Gasteiger partial charge >= 0.3 is 0 Å². The summed E-state index contributed by atoms with van der Waals surface area (Å²) in [7, 11) is 1.71. The predicted octanol–water partition coefficient (Wildman–Crippen LogP) is -1.93. The number of nitrogens with one attached hydrogen (secondary N) is 3. The molecule has 1 aromatic heterocycles. The highest BCUT2D eigenvalue weighted by Gasteiger charge is 2.21. The fourth-order valence-electron chi connectivity index (χ4n) is 1.31. The first kappa shape index (κ1) is 12.6. The van der Waals surface area contributed by atoms with E-state index < -0.39 is 23.3 Å². The molecule has 0 aliphatic carbocycles. The Morgan fingerprint density at radius 3 is 2.69 bits per heavy atom. The van der Waals surface area contributed by atoms with Gasteiger partial charge in [-0.1, -0.05) is 0 Å². The second-order valence-corrected chi connectivity index (χ2v) is 3.45. The van der Waals surface area contributed by atoms with Crippen LogP contribution in [0.1, 0.15) is 18.1 Å². The van der Waals surface area contributed by atoms with Gasteiger partial charge in [-0.3, -0.25) is 19.8 Å². The molecule has 2 unspecified atom stereocenters. The first-order valence-electron chi connectivity index (χ1n) is 4.89. The summed E-state index contributed by atoms with van der Waals surface area (Å²) in [6, 6.07) is 0.978. The Kier molecular flexibility index (Phi) is 4.41. The van der Waals surface area contributed by atoms with Crippen molar-refractivity contribution in [2.24, 2.45) is 0 Å². The summed E-state index contributed by atoms with van der Waals surface area (Å²) in [6.45, 7) is 0.499. The van der Waals surface area contributed by atoms with Crippen molar-refractivity contribution in [3.8, 4) is 0 Å². The Morgan fingerprint density at radius 2 is 2.06 bits per heavy atom. The molecule has 16 heavy (non-hydrogen) atoms. The van der Waals surface area contributed by atoms with Crippen LogP contribution in [0.15, 0.2) is 15.7 Å². The molecule has 0 amide bonds. The maximum absolute atomic E-state index is 11.3. The minimum absolute atomic E-state index is 0.132. The molecule has 0 bridgehead atoms. The van der Waals surface area contributed by atoms with Gasteiger partial charge in [0.2, 0.25) is 0 Å². The van der Waals surface area contributed by atoms with E-state index in [2.05, 4.69) is 15.5 Å². The highest BCUT2D eigenvalue weighted by molar-refractivity contribution is 5.11. The summed E-state index contributed by atoms with van der Waals surface area (Å²) in [4.78, 5) is 22.2. The first-order chi connectivity index (χ1) is 7.56. The maximum Gasteiger partial charge on any atom is 0.268 e. The number of aliphatic hydroxyl groups is 2. The molecular formula is C9H15N3O4. The molecule has 0 saturated heterocycles. The summed E-state index contributed by atoms with van der Waals surface area (Å²) in [5.41, 5.74) is -1.28. The van der Waals surface area contributed by atoms with Gasteiger partial charge in [-0.05, 0) is 20.0 Å². The van der Waals surface area contributed by atoms with E-state index in [1.165, 1.54) is 0 Å². The van der Waals surface area contributed by atoms with E-state index in [-0.39, 0.29) is 12.0 Å². The Balaban J connectivity index is 2.87. The van der Waals surface area contributed by atoms with Crippen molar-refractivity contribution >= 4 is 0 Å². The largest absolute Gasteiger partial charge is 0.390 e. The van der Waals surface area contributed by atoms with E-state index in [1.807, 2.05) is 0 Å². The van der Waals surface area contributed by atoms with Gasteiger partial charge in [0.1, 0.15) is 6.10 Å². The van der Waals surface area contributed by atoms with Crippen LogP contribution in [0.3, 0.4) is 0 Å². The van der Waals surface area contributed by atoms with Crippen LogP contribution in [0, 0.1) is 0 Å². The average molecular weight is 229 g/mol. The van der Waals surface area contributed by atoms with Crippen LogP contribution >= 0.6 is 0 Å². The highest BCUT2D eigenvalue weighted by atomic mass is 16.3. The predicted molar refractivity (Wildman–Crippen MR) is 57.2 cm³/mol. The van der Waals surface area contributed by atoms with Gasteiger partial charge in [0, 0.05) is 6.07 Å². The van der Waals surface area contributed by atoms with Crippen molar-refractivity contribution in [1.82, 2.24) is 15.5 Å². The Hall–Kier alpha value is -1.44. The first-order valence-corrected chi connectivity index (χ1v) is 4.89. The molecule has 90 valence electrons. The highest BCUT2D eigenvalue weighted by Crippen LogP contribution is 2.13. The summed E-state index contributed by atoms with van der Waals surface area (Å²) in [6.07, 6.45) is -2.17. The average Bonchev–Trinajstić information content (AvgIpc) is 2.28. The van der Waals surface area contributed by atoms with Crippen molar-refractivity contribution in [1.29, 1.82) is 0 Å². The summed E-state index contributed by atoms with van der Waals surface area (Å²) < 4.78 is 0. The van der Waals surface area contributed by atoms with Crippen molar-refractivity contribution in [3.63, 3.8) is 0 Å². The second-order valence-electron chi connectivity index (χ2n) is 3.45. The molecule has 5 N–H and O–H groups in total. The van der Waals surface area contributed by atoms with Crippen LogP contribution in [0.5, 0.6) is 0 Å². The third-order valence-electron chi connectivity index (χ3n) is 2.22. The monoisotopic (exact) mass is 229 g/mol. The lowest BCUT2D eigenvalue weighted by Gasteiger charge is -2.16. The number of hydrogen-bond donors (Lipinski definition) is 5. The lowest BCUT2D eigenvalue weighted by Crippen LogP contribution is -2.30. The van der Waals surface area contributed by atoms with Gasteiger partial charge in [-0.25, -0.2) is 0 Å². The van der Waals surface area contributed by atoms with Gasteiger partial charge in [0.25, 0.3) is 11.1 Å². The Labute approximate surface area is 91.1 Å². The smallest absolute Gasteiger partial charge is 0.268 e. The minimum Gasteiger partial charge on any atom is -0.390 e. The van der Waals surface area contributed by atoms with E-state index in [9.17, 15) is 19.8 Å². The van der Waals surface area contributed by atoms with E-state index >= 15 is 0 Å². The molecule has 1 aromatic rings. The molecule has 0 aliphatic rings. The van der Waals surface area contributed by atoms with Crippen LogP contribution in [-0.4, -0.2) is 40.1 Å². The van der Waals surface area contributed by atoms with Gasteiger partial charge in [-0.2, -0.15) is 0 Å². The molecule has 1 rings (SSSR count).